The van der Waals surface area contributed by atoms with Crippen molar-refractivity contribution in [3.63, 3.8) is 0 Å². The van der Waals surface area contributed by atoms with Gasteiger partial charge in [0.15, 0.2) is 5.82 Å². The first-order valence-electron chi connectivity index (χ1n) is 5.56. The Kier molecular flexibility index (Phi) is 2.65. The van der Waals surface area contributed by atoms with Crippen LogP contribution in [0, 0.1) is 5.41 Å². The van der Waals surface area contributed by atoms with Crippen molar-refractivity contribution in [2.45, 2.75) is 27.3 Å². The lowest BCUT2D eigenvalue weighted by atomic mass is 9.97. The maximum Gasteiger partial charge on any atom is 0.175 e. The van der Waals surface area contributed by atoms with Crippen molar-refractivity contribution in [2.75, 3.05) is 5.73 Å². The van der Waals surface area contributed by atoms with E-state index in [1.54, 1.807) is 10.9 Å². The highest BCUT2D eigenvalue weighted by Gasteiger charge is 2.20. The lowest BCUT2D eigenvalue weighted by Crippen LogP contribution is -2.18. The van der Waals surface area contributed by atoms with E-state index in [4.69, 9.17) is 5.73 Å². The third-order valence-electron chi connectivity index (χ3n) is 2.45. The summed E-state index contributed by atoms with van der Waals surface area (Å²) in [6.07, 6.45) is 1.74. The number of nitrogens with zero attached hydrogens (tertiary/aromatic N) is 5. The Bertz CT molecular complexity index is 516. The summed E-state index contributed by atoms with van der Waals surface area (Å²) in [5.41, 5.74) is 7.76. The predicted octanol–water partition coefficient (Wildman–Crippen LogP) is 1.31. The molecule has 0 fully saturated rings. The Labute approximate surface area is 100 Å². The molecular formula is C11H18N6. The fraction of sp³-hybridized carbons (Fsp3) is 0.545. The van der Waals surface area contributed by atoms with Gasteiger partial charge in [-0.25, -0.2) is 4.68 Å². The van der Waals surface area contributed by atoms with Crippen LogP contribution in [-0.2, 0) is 13.6 Å². The molecule has 0 spiro atoms. The van der Waals surface area contributed by atoms with E-state index in [2.05, 4.69) is 36.2 Å². The van der Waals surface area contributed by atoms with Crippen LogP contribution in [0.4, 0.5) is 5.82 Å². The first-order chi connectivity index (χ1) is 7.88. The molecule has 0 saturated heterocycles. The largest absolute Gasteiger partial charge is 0.380 e. The number of aromatic nitrogens is 5. The van der Waals surface area contributed by atoms with Crippen LogP contribution in [0.25, 0.3) is 11.4 Å². The summed E-state index contributed by atoms with van der Waals surface area (Å²) >= 11 is 0. The van der Waals surface area contributed by atoms with Crippen molar-refractivity contribution in [2.24, 2.45) is 12.5 Å². The fourth-order valence-corrected chi connectivity index (χ4v) is 1.76. The van der Waals surface area contributed by atoms with Crippen LogP contribution in [0.2, 0.25) is 0 Å². The van der Waals surface area contributed by atoms with Crippen molar-refractivity contribution in [1.82, 2.24) is 24.8 Å². The molecule has 6 nitrogen and oxygen atoms in total. The molecule has 2 heterocycles. The molecule has 0 bridgehead atoms. The number of hydrogen-bond acceptors (Lipinski definition) is 4. The smallest absolute Gasteiger partial charge is 0.175 e. The van der Waals surface area contributed by atoms with Crippen LogP contribution in [-0.4, -0.2) is 24.8 Å². The normalized spacial score (nSPS) is 12.0. The maximum atomic E-state index is 5.88. The van der Waals surface area contributed by atoms with Crippen molar-refractivity contribution in [3.8, 4) is 11.4 Å². The Morgan fingerprint density at radius 1 is 1.35 bits per heavy atom. The van der Waals surface area contributed by atoms with Gasteiger partial charge in [-0.1, -0.05) is 26.0 Å². The van der Waals surface area contributed by atoms with Gasteiger partial charge in [0.2, 0.25) is 0 Å². The van der Waals surface area contributed by atoms with Gasteiger partial charge in [-0.3, -0.25) is 4.68 Å². The topological polar surface area (TPSA) is 74.6 Å². The van der Waals surface area contributed by atoms with Crippen molar-refractivity contribution < 1.29 is 0 Å². The number of rotatable bonds is 2. The lowest BCUT2D eigenvalue weighted by molar-refractivity contribution is 0.323. The van der Waals surface area contributed by atoms with E-state index >= 15 is 0 Å². The number of nitrogen functional groups attached to an aromatic ring is 1. The molecule has 0 aliphatic heterocycles. The zero-order valence-corrected chi connectivity index (χ0v) is 10.7. The van der Waals surface area contributed by atoms with Crippen molar-refractivity contribution >= 4 is 5.82 Å². The third kappa shape index (κ3) is 2.30. The predicted molar refractivity (Wildman–Crippen MR) is 66.1 cm³/mol. The average Bonchev–Trinajstić information content (AvgIpc) is 2.72. The highest BCUT2D eigenvalue weighted by atomic mass is 15.5. The van der Waals surface area contributed by atoms with Gasteiger partial charge in [0.1, 0.15) is 5.69 Å². The zero-order valence-electron chi connectivity index (χ0n) is 10.7. The van der Waals surface area contributed by atoms with Gasteiger partial charge in [0.05, 0.1) is 5.69 Å². The molecule has 2 rings (SSSR count). The molecule has 0 saturated carbocycles. The van der Waals surface area contributed by atoms with Gasteiger partial charge in [-0.15, -0.1) is 5.10 Å². The Hall–Kier alpha value is -1.85. The monoisotopic (exact) mass is 234 g/mol. The molecule has 2 aromatic rings. The van der Waals surface area contributed by atoms with Crippen LogP contribution < -0.4 is 5.73 Å². The lowest BCUT2D eigenvalue weighted by Gasteiger charge is -2.19. The molecule has 2 aromatic heterocycles. The molecule has 0 unspecified atom stereocenters. The van der Waals surface area contributed by atoms with Crippen LogP contribution in [0.5, 0.6) is 0 Å². The Balaban J connectivity index is 2.47. The molecule has 0 aromatic carbocycles. The molecule has 2 N–H and O–H groups in total. The van der Waals surface area contributed by atoms with E-state index in [1.165, 1.54) is 0 Å². The standard InChI is InChI=1S/C11H18N6/c1-11(2,3)7-17-9(10(12)14-15-17)8-5-6-13-16(8)4/h5-6H,7,12H2,1-4H3. The molecule has 0 radical (unpaired) electrons. The first kappa shape index (κ1) is 11.6. The van der Waals surface area contributed by atoms with Gasteiger partial charge < -0.3 is 5.73 Å². The number of anilines is 1. The molecule has 0 atom stereocenters. The summed E-state index contributed by atoms with van der Waals surface area (Å²) in [6, 6.07) is 1.91. The van der Waals surface area contributed by atoms with E-state index in [9.17, 15) is 0 Å². The second kappa shape index (κ2) is 3.87. The van der Waals surface area contributed by atoms with Gasteiger partial charge in [-0.05, 0) is 11.5 Å². The summed E-state index contributed by atoms with van der Waals surface area (Å²) < 4.78 is 3.61. The van der Waals surface area contributed by atoms with E-state index in [1.807, 2.05) is 17.8 Å². The highest BCUT2D eigenvalue weighted by Crippen LogP contribution is 2.26. The molecule has 0 aliphatic rings. The van der Waals surface area contributed by atoms with E-state index in [-0.39, 0.29) is 5.41 Å². The molecule has 6 heteroatoms. The van der Waals surface area contributed by atoms with Crippen LogP contribution in [0.15, 0.2) is 12.3 Å². The quantitative estimate of drug-likeness (QED) is 0.850. The third-order valence-corrected chi connectivity index (χ3v) is 2.45. The fourth-order valence-electron chi connectivity index (χ4n) is 1.76. The van der Waals surface area contributed by atoms with Gasteiger partial charge in [0.25, 0.3) is 0 Å². The van der Waals surface area contributed by atoms with E-state index < -0.39 is 0 Å². The van der Waals surface area contributed by atoms with E-state index in [0.717, 1.165) is 17.9 Å². The van der Waals surface area contributed by atoms with E-state index in [0.29, 0.717) is 5.82 Å². The Morgan fingerprint density at radius 3 is 2.59 bits per heavy atom. The summed E-state index contributed by atoms with van der Waals surface area (Å²) in [7, 11) is 1.88. The minimum absolute atomic E-state index is 0.119. The highest BCUT2D eigenvalue weighted by molar-refractivity contribution is 5.66. The van der Waals surface area contributed by atoms with Gasteiger partial charge in [0, 0.05) is 19.8 Å². The first-order valence-corrected chi connectivity index (χ1v) is 5.56. The number of hydrogen-bond donors (Lipinski definition) is 1. The number of aryl methyl sites for hydroxylation is 1. The summed E-state index contributed by atoms with van der Waals surface area (Å²) in [6.45, 7) is 7.21. The minimum atomic E-state index is 0.119. The van der Waals surface area contributed by atoms with Crippen LogP contribution in [0.3, 0.4) is 0 Å². The zero-order chi connectivity index (χ0) is 12.6. The van der Waals surface area contributed by atoms with Crippen LogP contribution >= 0.6 is 0 Å². The van der Waals surface area contributed by atoms with Crippen LogP contribution in [0.1, 0.15) is 20.8 Å². The second-order valence-electron chi connectivity index (χ2n) is 5.38. The van der Waals surface area contributed by atoms with Gasteiger partial charge >= 0.3 is 0 Å². The molecule has 0 amide bonds. The minimum Gasteiger partial charge on any atom is -0.380 e. The van der Waals surface area contributed by atoms with Crippen molar-refractivity contribution in [3.05, 3.63) is 12.3 Å². The summed E-state index contributed by atoms with van der Waals surface area (Å²) in [4.78, 5) is 0. The maximum absolute atomic E-state index is 5.88. The molecule has 0 aliphatic carbocycles. The second-order valence-corrected chi connectivity index (χ2v) is 5.38. The molecular weight excluding hydrogens is 216 g/mol. The van der Waals surface area contributed by atoms with Gasteiger partial charge in [-0.2, -0.15) is 5.10 Å². The van der Waals surface area contributed by atoms with Crippen molar-refractivity contribution in [1.29, 1.82) is 0 Å². The summed E-state index contributed by atoms with van der Waals surface area (Å²) in [5, 5.41) is 12.2. The Morgan fingerprint density at radius 2 is 2.06 bits per heavy atom. The number of nitrogens with two attached hydrogens (primary N) is 1. The molecule has 17 heavy (non-hydrogen) atoms. The average molecular weight is 234 g/mol. The SMILES string of the molecule is Cn1nccc1-c1c(N)nnn1CC(C)(C)C. The summed E-state index contributed by atoms with van der Waals surface area (Å²) in [5.74, 6) is 0.442. The molecule has 92 valence electrons.